The summed E-state index contributed by atoms with van der Waals surface area (Å²) in [6.07, 6.45) is -1.31. The minimum absolute atomic E-state index is 0.280. The smallest absolute Gasteiger partial charge is 0.351 e. The average Bonchev–Trinajstić information content (AvgIpc) is 2.96. The van der Waals surface area contributed by atoms with Crippen molar-refractivity contribution in [3.05, 3.63) is 12.2 Å². The third-order valence-electron chi connectivity index (χ3n) is 4.71. The lowest BCUT2D eigenvalue weighted by Crippen LogP contribution is -2.51. The number of imidazole rings is 1. The van der Waals surface area contributed by atoms with Crippen LogP contribution in [-0.4, -0.2) is 48.3 Å². The Morgan fingerprint density at radius 2 is 2.04 bits per heavy atom. The van der Waals surface area contributed by atoms with Gasteiger partial charge in [-0.15, -0.1) is 0 Å². The van der Waals surface area contributed by atoms with Gasteiger partial charge in [-0.05, 0) is 34.1 Å². The maximum absolute atomic E-state index is 11.5. The molecule has 2 rings (SSSR count). The van der Waals surface area contributed by atoms with Crippen LogP contribution in [0.5, 0.6) is 0 Å². The van der Waals surface area contributed by atoms with Gasteiger partial charge in [0, 0.05) is 7.05 Å². The molecule has 0 aliphatic rings. The first-order chi connectivity index (χ1) is 12.2. The zero-order valence-corrected chi connectivity index (χ0v) is 16.1. The van der Waals surface area contributed by atoms with Crippen molar-refractivity contribution in [1.29, 1.82) is 0 Å². The van der Waals surface area contributed by atoms with Crippen LogP contribution < -0.4 is 5.32 Å². The van der Waals surface area contributed by atoms with Gasteiger partial charge in [0.15, 0.2) is 11.5 Å². The van der Waals surface area contributed by atoms with Crippen molar-refractivity contribution in [3.63, 3.8) is 0 Å². The van der Waals surface area contributed by atoms with Crippen molar-refractivity contribution in [3.8, 4) is 0 Å². The summed E-state index contributed by atoms with van der Waals surface area (Å²) in [6, 6.07) is 0. The van der Waals surface area contributed by atoms with Crippen molar-refractivity contribution in [2.24, 2.45) is 0 Å². The van der Waals surface area contributed by atoms with Gasteiger partial charge < -0.3 is 24.4 Å². The van der Waals surface area contributed by atoms with Gasteiger partial charge >= 0.3 is 7.60 Å². The van der Waals surface area contributed by atoms with Crippen LogP contribution in [0.4, 0.5) is 5.82 Å². The Labute approximate surface area is 149 Å². The normalized spacial score (nSPS) is 17.1. The maximum Gasteiger partial charge on any atom is 0.351 e. The van der Waals surface area contributed by atoms with E-state index in [4.69, 9.17) is 7.48 Å². The van der Waals surface area contributed by atoms with Gasteiger partial charge in [-0.25, -0.2) is 15.0 Å². The highest BCUT2D eigenvalue weighted by Crippen LogP contribution is 2.42. The van der Waals surface area contributed by atoms with E-state index in [1.54, 1.807) is 52.6 Å². The summed E-state index contributed by atoms with van der Waals surface area (Å²) in [7, 11) is -3.42. The molecule has 140 valence electrons. The molecule has 3 N–H and O–H groups in total. The zero-order chi connectivity index (χ0) is 20.8. The first-order valence-corrected chi connectivity index (χ1v) is 9.47. The van der Waals surface area contributed by atoms with Crippen LogP contribution in [-0.2, 0) is 14.8 Å². The highest BCUT2D eigenvalue weighted by molar-refractivity contribution is 7.51. The molecule has 0 radical (unpaired) electrons. The van der Waals surface area contributed by atoms with Crippen LogP contribution >= 0.6 is 7.60 Å². The molecule has 0 aliphatic carbocycles. The fraction of sp³-hybridized carbons (Fsp3) is 0.667. The number of nitrogens with zero attached hydrogens (tertiary/aromatic N) is 4. The number of hydrogen-bond donors (Lipinski definition) is 3. The topological polar surface area (TPSA) is 122 Å². The molecular weight excluding hydrogens is 345 g/mol. The molecule has 25 heavy (non-hydrogen) atoms. The molecule has 0 unspecified atom stereocenters. The molecule has 0 bridgehead atoms. The minimum atomic E-state index is -5.14. The molecule has 0 saturated carbocycles. The van der Waals surface area contributed by atoms with Crippen molar-refractivity contribution in [1.82, 2.24) is 19.5 Å². The molecule has 0 saturated heterocycles. The zero-order valence-electron chi connectivity index (χ0n) is 17.2. The summed E-state index contributed by atoms with van der Waals surface area (Å²) in [5, 5.41) is 2.97. The first kappa shape index (κ1) is 16.9. The SMILES string of the molecule is [2H]C([2H])(O[C@](C)(CC)C(C)(C)n1cnc2c(NC)nc(C)nc21)P(=O)(O)O. The monoisotopic (exact) mass is 373 g/mol. The summed E-state index contributed by atoms with van der Waals surface area (Å²) in [4.78, 5) is 31.8. The van der Waals surface area contributed by atoms with E-state index in [9.17, 15) is 14.4 Å². The summed E-state index contributed by atoms with van der Waals surface area (Å²) in [6.45, 7) is 8.68. The molecule has 10 heteroatoms. The standard InChI is InChI=1S/C15H26N5O4P/c1-7-15(5,24-9-25(21,22)23)14(3,4)20-8-17-11-12(16-6)18-10(2)19-13(11)20/h8H,7,9H2,1-6H3,(H,16,18,19)(H2,21,22,23)/t15-/m1/s1/i9D2. The Morgan fingerprint density at radius 1 is 1.40 bits per heavy atom. The molecule has 2 heterocycles. The second-order valence-corrected chi connectivity index (χ2v) is 7.81. The number of ether oxygens (including phenoxy) is 1. The quantitative estimate of drug-likeness (QED) is 0.632. The number of aryl methyl sites for hydroxylation is 1. The fourth-order valence-corrected chi connectivity index (χ4v) is 2.96. The van der Waals surface area contributed by atoms with Crippen molar-refractivity contribution in [2.45, 2.75) is 52.2 Å². The second-order valence-electron chi connectivity index (χ2n) is 6.54. The Bertz CT molecular complexity index is 898. The van der Waals surface area contributed by atoms with Gasteiger partial charge in [-0.2, -0.15) is 0 Å². The van der Waals surface area contributed by atoms with E-state index in [0.29, 0.717) is 22.8 Å². The van der Waals surface area contributed by atoms with Gasteiger partial charge in [0.2, 0.25) is 0 Å². The number of fused-ring (bicyclic) bond motifs is 1. The Hall–Kier alpha value is -1.54. The summed E-state index contributed by atoms with van der Waals surface area (Å²) < 4.78 is 34.1. The highest BCUT2D eigenvalue weighted by atomic mass is 31.2. The molecule has 0 aromatic carbocycles. The van der Waals surface area contributed by atoms with Gasteiger partial charge in [0.05, 0.1) is 20.2 Å². The molecule has 0 fully saturated rings. The average molecular weight is 373 g/mol. The van der Waals surface area contributed by atoms with Crippen molar-refractivity contribution >= 4 is 24.6 Å². The van der Waals surface area contributed by atoms with E-state index < -0.39 is 25.0 Å². The van der Waals surface area contributed by atoms with Crippen LogP contribution in [0.15, 0.2) is 6.33 Å². The first-order valence-electron chi connectivity index (χ1n) is 8.86. The predicted molar refractivity (Wildman–Crippen MR) is 95.6 cm³/mol. The molecule has 2 aromatic heterocycles. The largest absolute Gasteiger partial charge is 0.371 e. The third-order valence-corrected chi connectivity index (χ3v) is 5.03. The van der Waals surface area contributed by atoms with Crippen LogP contribution in [0.25, 0.3) is 11.2 Å². The fourth-order valence-electron chi connectivity index (χ4n) is 2.64. The van der Waals surface area contributed by atoms with E-state index in [1.807, 2.05) is 0 Å². The Morgan fingerprint density at radius 3 is 2.56 bits per heavy atom. The number of nitrogens with one attached hydrogen (secondary N) is 1. The molecular formula is C15H26N5O4P. The third kappa shape index (κ3) is 3.69. The van der Waals surface area contributed by atoms with Gasteiger partial charge in [-0.1, -0.05) is 6.92 Å². The number of rotatable bonds is 7. The molecule has 2 aromatic rings. The van der Waals surface area contributed by atoms with E-state index >= 15 is 0 Å². The van der Waals surface area contributed by atoms with E-state index in [-0.39, 0.29) is 6.42 Å². The van der Waals surface area contributed by atoms with Gasteiger partial charge in [0.25, 0.3) is 0 Å². The lowest BCUT2D eigenvalue weighted by Gasteiger charge is -2.44. The predicted octanol–water partition coefficient (Wildman–Crippen LogP) is 2.23. The minimum Gasteiger partial charge on any atom is -0.371 e. The highest BCUT2D eigenvalue weighted by Gasteiger charge is 2.44. The molecule has 0 aliphatic heterocycles. The molecule has 0 amide bonds. The van der Waals surface area contributed by atoms with Crippen LogP contribution in [0, 0.1) is 6.92 Å². The van der Waals surface area contributed by atoms with E-state index in [2.05, 4.69) is 20.3 Å². The van der Waals surface area contributed by atoms with Crippen LogP contribution in [0.1, 0.15) is 42.7 Å². The Balaban J connectivity index is 2.63. The van der Waals surface area contributed by atoms with Crippen LogP contribution in [0.3, 0.4) is 0 Å². The molecule has 9 nitrogen and oxygen atoms in total. The maximum atomic E-state index is 11.5. The summed E-state index contributed by atoms with van der Waals surface area (Å²) >= 11 is 0. The second kappa shape index (κ2) is 6.64. The molecule has 1 atom stereocenters. The van der Waals surface area contributed by atoms with Crippen LogP contribution in [0.2, 0.25) is 0 Å². The van der Waals surface area contributed by atoms with Gasteiger partial charge in [-0.3, -0.25) is 4.57 Å². The van der Waals surface area contributed by atoms with E-state index in [1.165, 1.54) is 0 Å². The number of hydrogen-bond acceptors (Lipinski definition) is 6. The summed E-state index contributed by atoms with van der Waals surface area (Å²) in [5.74, 6) is 1.07. The lowest BCUT2D eigenvalue weighted by molar-refractivity contribution is -0.0914. The van der Waals surface area contributed by atoms with Crippen molar-refractivity contribution < 1.29 is 21.8 Å². The molecule has 0 spiro atoms. The Kier molecular flexibility index (Phi) is 4.49. The van der Waals surface area contributed by atoms with Crippen molar-refractivity contribution in [2.75, 3.05) is 18.7 Å². The lowest BCUT2D eigenvalue weighted by atomic mass is 9.81. The number of aromatic nitrogens is 4. The van der Waals surface area contributed by atoms with Gasteiger partial charge in [0.1, 0.15) is 17.6 Å². The number of anilines is 1. The van der Waals surface area contributed by atoms with E-state index in [0.717, 1.165) is 0 Å². The summed E-state index contributed by atoms with van der Waals surface area (Å²) in [5.41, 5.74) is -1.20.